The first-order valence-electron chi connectivity index (χ1n) is 9.83. The van der Waals surface area contributed by atoms with Gasteiger partial charge in [0.25, 0.3) is 5.56 Å². The van der Waals surface area contributed by atoms with E-state index in [0.717, 1.165) is 4.57 Å². The maximum atomic E-state index is 12.7. The van der Waals surface area contributed by atoms with Crippen LogP contribution in [0, 0.1) is 0 Å². The molecule has 0 fully saturated rings. The normalized spacial score (nSPS) is 15.6. The second-order valence-corrected chi connectivity index (χ2v) is 7.66. The Bertz CT molecular complexity index is 1340. The number of hydrazone groups is 1. The number of hydrogen-bond acceptors (Lipinski definition) is 6. The molecule has 0 spiro atoms. The van der Waals surface area contributed by atoms with E-state index < -0.39 is 23.2 Å². The molecule has 32 heavy (non-hydrogen) atoms. The lowest BCUT2D eigenvalue weighted by atomic mass is 9.99. The summed E-state index contributed by atoms with van der Waals surface area (Å²) in [5.74, 6) is -0.809. The fourth-order valence-corrected chi connectivity index (χ4v) is 3.83. The fraction of sp³-hybridized carbons (Fsp3) is 0.182. The highest BCUT2D eigenvalue weighted by molar-refractivity contribution is 6.30. The van der Waals surface area contributed by atoms with Gasteiger partial charge in [-0.2, -0.15) is 5.10 Å². The Kier molecular flexibility index (Phi) is 5.58. The zero-order valence-electron chi connectivity index (χ0n) is 16.9. The van der Waals surface area contributed by atoms with Crippen LogP contribution >= 0.6 is 11.6 Å². The fourth-order valence-electron chi connectivity index (χ4n) is 3.65. The number of aromatic nitrogens is 2. The first-order valence-corrected chi connectivity index (χ1v) is 10.2. The molecule has 3 aromatic rings. The van der Waals surface area contributed by atoms with Crippen LogP contribution in [0.2, 0.25) is 5.02 Å². The number of carbonyl (C=O) groups is 1. The van der Waals surface area contributed by atoms with Crippen molar-refractivity contribution in [2.24, 2.45) is 5.10 Å². The van der Waals surface area contributed by atoms with Crippen molar-refractivity contribution in [2.75, 3.05) is 0 Å². The Balaban J connectivity index is 1.85. The second kappa shape index (κ2) is 8.35. The largest absolute Gasteiger partial charge is 0.508 e. The monoisotopic (exact) mass is 454 g/mol. The van der Waals surface area contributed by atoms with Crippen molar-refractivity contribution in [3.63, 3.8) is 0 Å². The molecule has 1 amide bonds. The Labute approximate surface area is 186 Å². The van der Waals surface area contributed by atoms with E-state index in [4.69, 9.17) is 11.6 Å². The lowest BCUT2D eigenvalue weighted by Crippen LogP contribution is -2.33. The van der Waals surface area contributed by atoms with E-state index in [1.807, 2.05) is 0 Å². The quantitative estimate of drug-likeness (QED) is 0.558. The third-order valence-electron chi connectivity index (χ3n) is 5.19. The minimum atomic E-state index is -0.839. The molecule has 0 bridgehead atoms. The van der Waals surface area contributed by atoms with Gasteiger partial charge in [0.05, 0.1) is 17.4 Å². The van der Waals surface area contributed by atoms with Crippen LogP contribution in [0.3, 0.4) is 0 Å². The molecule has 164 valence electrons. The summed E-state index contributed by atoms with van der Waals surface area (Å²) >= 11 is 6.01. The molecular formula is C22H19ClN4O5. The Hall–Kier alpha value is -3.85. The maximum absolute atomic E-state index is 12.7. The molecule has 2 aromatic carbocycles. The number of H-pyrrole nitrogens is 1. The molecular weight excluding hydrogens is 436 g/mol. The first kappa shape index (κ1) is 21.4. The van der Waals surface area contributed by atoms with E-state index in [0.29, 0.717) is 10.6 Å². The highest BCUT2D eigenvalue weighted by Gasteiger charge is 2.35. The van der Waals surface area contributed by atoms with Crippen LogP contribution in [0.5, 0.6) is 11.6 Å². The average Bonchev–Trinajstić information content (AvgIpc) is 3.18. The lowest BCUT2D eigenvalue weighted by molar-refractivity contribution is -0.132. The van der Waals surface area contributed by atoms with Crippen LogP contribution in [-0.2, 0) is 4.79 Å². The van der Waals surface area contributed by atoms with Gasteiger partial charge in [0.15, 0.2) is 0 Å². The number of carbonyl (C=O) groups excluding carboxylic acids is 1. The van der Waals surface area contributed by atoms with Gasteiger partial charge in [-0.05, 0) is 35.9 Å². The number of nitrogens with one attached hydrogen (secondary N) is 1. The van der Waals surface area contributed by atoms with Crippen LogP contribution in [-0.4, -0.2) is 36.4 Å². The van der Waals surface area contributed by atoms with Crippen molar-refractivity contribution >= 4 is 23.2 Å². The van der Waals surface area contributed by atoms with Gasteiger partial charge in [-0.3, -0.25) is 14.6 Å². The minimum absolute atomic E-state index is 0.0731. The number of phenolic OH excluding ortho intramolecular Hbond substituents is 1. The zero-order valence-corrected chi connectivity index (χ0v) is 17.7. The number of phenols is 1. The Morgan fingerprint density at radius 1 is 1.19 bits per heavy atom. The predicted molar refractivity (Wildman–Crippen MR) is 118 cm³/mol. The maximum Gasteiger partial charge on any atom is 0.335 e. The average molecular weight is 455 g/mol. The van der Waals surface area contributed by atoms with Crippen molar-refractivity contribution < 1.29 is 15.0 Å². The standard InChI is InChI=1S/C22H19ClN4O5/c1-2-18(29)27-17(12-6-8-15(28)9-7-12)11-16(25-27)19-20(30)24-22(32)26(21(19)31)14-5-3-4-13(23)10-14/h3-10,17,28,31H,2,11H2,1H3,(H,24,30,32). The number of nitrogens with zero attached hydrogens (tertiary/aromatic N) is 3. The Morgan fingerprint density at radius 2 is 1.91 bits per heavy atom. The van der Waals surface area contributed by atoms with Crippen molar-refractivity contribution in [1.82, 2.24) is 14.6 Å². The molecule has 1 aromatic heterocycles. The van der Waals surface area contributed by atoms with Crippen molar-refractivity contribution in [3.05, 3.63) is 85.5 Å². The molecule has 10 heteroatoms. The zero-order chi connectivity index (χ0) is 23.0. The van der Waals surface area contributed by atoms with Crippen molar-refractivity contribution in [2.45, 2.75) is 25.8 Å². The number of halogens is 1. The van der Waals surface area contributed by atoms with E-state index in [-0.39, 0.29) is 41.5 Å². The molecule has 0 radical (unpaired) electrons. The van der Waals surface area contributed by atoms with Crippen LogP contribution < -0.4 is 11.2 Å². The van der Waals surface area contributed by atoms with E-state index in [1.54, 1.807) is 37.3 Å². The molecule has 1 aliphatic heterocycles. The topological polar surface area (TPSA) is 128 Å². The number of aromatic hydroxyl groups is 2. The molecule has 9 nitrogen and oxygen atoms in total. The van der Waals surface area contributed by atoms with E-state index >= 15 is 0 Å². The summed E-state index contributed by atoms with van der Waals surface area (Å²) in [5, 5.41) is 26.4. The van der Waals surface area contributed by atoms with Gasteiger partial charge in [0.2, 0.25) is 11.8 Å². The van der Waals surface area contributed by atoms with Crippen LogP contribution in [0.4, 0.5) is 0 Å². The highest BCUT2D eigenvalue weighted by Crippen LogP contribution is 2.35. The number of aromatic amines is 1. The molecule has 0 saturated carbocycles. The number of hydrogen-bond donors (Lipinski definition) is 3. The highest BCUT2D eigenvalue weighted by atomic mass is 35.5. The summed E-state index contributed by atoms with van der Waals surface area (Å²) in [4.78, 5) is 39.8. The lowest BCUT2D eigenvalue weighted by Gasteiger charge is -2.21. The smallest absolute Gasteiger partial charge is 0.335 e. The molecule has 3 N–H and O–H groups in total. The summed E-state index contributed by atoms with van der Waals surface area (Å²) in [7, 11) is 0. The van der Waals surface area contributed by atoms with Gasteiger partial charge in [0.1, 0.15) is 11.3 Å². The van der Waals surface area contributed by atoms with Crippen LogP contribution in [0.25, 0.3) is 5.69 Å². The van der Waals surface area contributed by atoms with Gasteiger partial charge in [-0.1, -0.05) is 36.7 Å². The SMILES string of the molecule is CCC(=O)N1N=C(c2c(O)n(-c3cccc(Cl)c3)c(=O)[nH]c2=O)CC1c1ccc(O)cc1. The summed E-state index contributed by atoms with van der Waals surface area (Å²) < 4.78 is 0.922. The van der Waals surface area contributed by atoms with Gasteiger partial charge < -0.3 is 10.2 Å². The van der Waals surface area contributed by atoms with Crippen molar-refractivity contribution in [1.29, 1.82) is 0 Å². The van der Waals surface area contributed by atoms with E-state index in [2.05, 4.69) is 10.1 Å². The van der Waals surface area contributed by atoms with Crippen LogP contribution in [0.1, 0.15) is 36.9 Å². The molecule has 2 heterocycles. The van der Waals surface area contributed by atoms with Gasteiger partial charge in [-0.25, -0.2) is 14.4 Å². The minimum Gasteiger partial charge on any atom is -0.508 e. The van der Waals surface area contributed by atoms with Crippen LogP contribution in [0.15, 0.2) is 63.2 Å². The van der Waals surface area contributed by atoms with E-state index in [9.17, 15) is 24.6 Å². The molecule has 0 aliphatic carbocycles. The Morgan fingerprint density at radius 3 is 2.56 bits per heavy atom. The predicted octanol–water partition coefficient (Wildman–Crippen LogP) is 2.68. The summed E-state index contributed by atoms with van der Waals surface area (Å²) in [6.07, 6.45) is 0.302. The molecule has 1 atom stereocenters. The first-order chi connectivity index (χ1) is 15.3. The number of rotatable bonds is 4. The number of amides is 1. The summed E-state index contributed by atoms with van der Waals surface area (Å²) in [5.41, 5.74) is -0.761. The molecule has 0 saturated heterocycles. The molecule has 1 unspecified atom stereocenters. The van der Waals surface area contributed by atoms with Gasteiger partial charge in [-0.15, -0.1) is 0 Å². The third kappa shape index (κ3) is 3.78. The van der Waals surface area contributed by atoms with E-state index in [1.165, 1.54) is 23.2 Å². The number of benzene rings is 2. The molecule has 4 rings (SSSR count). The second-order valence-electron chi connectivity index (χ2n) is 7.22. The van der Waals surface area contributed by atoms with Crippen molar-refractivity contribution in [3.8, 4) is 17.3 Å². The summed E-state index contributed by atoms with van der Waals surface area (Å²) in [6, 6.07) is 12.0. The van der Waals surface area contributed by atoms with Gasteiger partial charge >= 0.3 is 5.69 Å². The summed E-state index contributed by atoms with van der Waals surface area (Å²) in [6.45, 7) is 1.69. The molecule has 1 aliphatic rings. The van der Waals surface area contributed by atoms with Gasteiger partial charge in [0, 0.05) is 17.9 Å². The third-order valence-corrected chi connectivity index (χ3v) is 5.42.